The number of nitrogens with zero attached hydrogens (tertiary/aromatic N) is 3. The Hall–Kier alpha value is -0.860. The van der Waals surface area contributed by atoms with E-state index < -0.39 is 0 Å². The summed E-state index contributed by atoms with van der Waals surface area (Å²) in [6, 6.07) is 0. The quantitative estimate of drug-likeness (QED) is 0.631. The molecule has 0 N–H and O–H groups in total. The minimum absolute atomic E-state index is 0.859. The van der Waals surface area contributed by atoms with Gasteiger partial charge < -0.3 is 0 Å². The molecule has 16 heavy (non-hydrogen) atoms. The maximum Gasteiger partial charge on any atom is 0.0796 e. The average molecular weight is 223 g/mol. The van der Waals surface area contributed by atoms with Gasteiger partial charge in [-0.05, 0) is 19.3 Å². The molecule has 0 bridgehead atoms. The second kappa shape index (κ2) is 7.42. The van der Waals surface area contributed by atoms with Crippen LogP contribution in [0.3, 0.4) is 0 Å². The van der Waals surface area contributed by atoms with Gasteiger partial charge in [-0.15, -0.1) is 5.10 Å². The van der Waals surface area contributed by atoms with Gasteiger partial charge in [0, 0.05) is 12.7 Å². The second-order valence-electron chi connectivity index (χ2n) is 5.07. The molecule has 1 heterocycles. The zero-order chi connectivity index (χ0) is 11.8. The van der Waals surface area contributed by atoms with Gasteiger partial charge in [0.1, 0.15) is 0 Å². The SMILES string of the molecule is Cc1cn(CCCCCCCC(C)C)nn1. The minimum atomic E-state index is 0.859. The highest BCUT2D eigenvalue weighted by molar-refractivity contribution is 4.86. The smallest absolute Gasteiger partial charge is 0.0796 e. The Balaban J connectivity index is 1.92. The first kappa shape index (κ1) is 13.2. The number of hydrogen-bond acceptors (Lipinski definition) is 2. The second-order valence-corrected chi connectivity index (χ2v) is 5.07. The van der Waals surface area contributed by atoms with E-state index in [-0.39, 0.29) is 0 Å². The summed E-state index contributed by atoms with van der Waals surface area (Å²) in [7, 11) is 0. The highest BCUT2D eigenvalue weighted by Gasteiger charge is 1.97. The third-order valence-electron chi connectivity index (χ3n) is 2.82. The molecule has 0 spiro atoms. The van der Waals surface area contributed by atoms with Crippen molar-refractivity contribution in [3.63, 3.8) is 0 Å². The maximum atomic E-state index is 4.04. The molecule has 0 radical (unpaired) electrons. The van der Waals surface area contributed by atoms with E-state index in [1.165, 1.54) is 38.5 Å². The molecular formula is C13H25N3. The van der Waals surface area contributed by atoms with E-state index in [4.69, 9.17) is 0 Å². The lowest BCUT2D eigenvalue weighted by atomic mass is 10.0. The molecule has 92 valence electrons. The molecule has 3 heteroatoms. The summed E-state index contributed by atoms with van der Waals surface area (Å²) in [4.78, 5) is 0. The van der Waals surface area contributed by atoms with Crippen molar-refractivity contribution in [1.29, 1.82) is 0 Å². The van der Waals surface area contributed by atoms with E-state index >= 15 is 0 Å². The average Bonchev–Trinajstić information content (AvgIpc) is 2.62. The molecule has 0 atom stereocenters. The highest BCUT2D eigenvalue weighted by atomic mass is 15.4. The summed E-state index contributed by atoms with van der Waals surface area (Å²) >= 11 is 0. The Morgan fingerprint density at radius 1 is 1.12 bits per heavy atom. The maximum absolute atomic E-state index is 4.04. The molecule has 0 aliphatic rings. The van der Waals surface area contributed by atoms with Crippen molar-refractivity contribution in [3.05, 3.63) is 11.9 Å². The van der Waals surface area contributed by atoms with Crippen LogP contribution >= 0.6 is 0 Å². The van der Waals surface area contributed by atoms with Gasteiger partial charge in [0.15, 0.2) is 0 Å². The van der Waals surface area contributed by atoms with Gasteiger partial charge in [-0.25, -0.2) is 0 Å². The van der Waals surface area contributed by atoms with Gasteiger partial charge in [-0.2, -0.15) is 0 Å². The molecule has 0 unspecified atom stereocenters. The van der Waals surface area contributed by atoms with Crippen LogP contribution in [0.5, 0.6) is 0 Å². The van der Waals surface area contributed by atoms with Gasteiger partial charge in [0.2, 0.25) is 0 Å². The fraction of sp³-hybridized carbons (Fsp3) is 0.846. The summed E-state index contributed by atoms with van der Waals surface area (Å²) in [5.41, 5.74) is 1.01. The summed E-state index contributed by atoms with van der Waals surface area (Å²) in [5, 5.41) is 8.02. The van der Waals surface area contributed by atoms with E-state index in [2.05, 4.69) is 24.2 Å². The Morgan fingerprint density at radius 2 is 1.81 bits per heavy atom. The third kappa shape index (κ3) is 5.89. The van der Waals surface area contributed by atoms with Gasteiger partial charge in [-0.3, -0.25) is 4.68 Å². The number of hydrogen-bond donors (Lipinski definition) is 0. The van der Waals surface area contributed by atoms with Crippen LogP contribution in [0.25, 0.3) is 0 Å². The predicted octanol–water partition coefficient (Wildman–Crippen LogP) is 3.58. The summed E-state index contributed by atoms with van der Waals surface area (Å²) in [6.07, 6.45) is 10.1. The van der Waals surface area contributed by atoms with Gasteiger partial charge in [0.05, 0.1) is 5.69 Å². The number of aromatic nitrogens is 3. The zero-order valence-corrected chi connectivity index (χ0v) is 10.9. The monoisotopic (exact) mass is 223 g/mol. The van der Waals surface area contributed by atoms with Crippen molar-refractivity contribution < 1.29 is 0 Å². The van der Waals surface area contributed by atoms with Crippen molar-refractivity contribution in [2.45, 2.75) is 65.8 Å². The molecule has 3 nitrogen and oxygen atoms in total. The normalized spacial score (nSPS) is 11.2. The zero-order valence-electron chi connectivity index (χ0n) is 10.9. The van der Waals surface area contributed by atoms with Gasteiger partial charge in [0.25, 0.3) is 0 Å². The van der Waals surface area contributed by atoms with E-state index in [0.717, 1.165) is 18.2 Å². The van der Waals surface area contributed by atoms with Crippen LogP contribution in [0.2, 0.25) is 0 Å². The Labute approximate surface area is 99.2 Å². The first-order valence-corrected chi connectivity index (χ1v) is 6.55. The van der Waals surface area contributed by atoms with Crippen LogP contribution in [0.4, 0.5) is 0 Å². The standard InChI is InChI=1S/C13H25N3/c1-12(2)9-7-5-4-6-8-10-16-11-13(3)14-15-16/h11-12H,4-10H2,1-3H3. The summed E-state index contributed by atoms with van der Waals surface area (Å²) in [5.74, 6) is 0.859. The van der Waals surface area contributed by atoms with Crippen molar-refractivity contribution in [2.75, 3.05) is 0 Å². The van der Waals surface area contributed by atoms with E-state index in [1.54, 1.807) is 0 Å². The fourth-order valence-corrected chi connectivity index (χ4v) is 1.86. The molecule has 0 aliphatic carbocycles. The third-order valence-corrected chi connectivity index (χ3v) is 2.82. The van der Waals surface area contributed by atoms with Crippen LogP contribution in [0.1, 0.15) is 58.1 Å². The lowest BCUT2D eigenvalue weighted by Crippen LogP contribution is -1.98. The molecule has 0 amide bonds. The Morgan fingerprint density at radius 3 is 2.44 bits per heavy atom. The first-order valence-electron chi connectivity index (χ1n) is 6.55. The van der Waals surface area contributed by atoms with E-state index in [0.29, 0.717) is 0 Å². The first-order chi connectivity index (χ1) is 7.68. The molecule has 0 saturated carbocycles. The fourth-order valence-electron chi connectivity index (χ4n) is 1.86. The summed E-state index contributed by atoms with van der Waals surface area (Å²) in [6.45, 7) is 7.60. The van der Waals surface area contributed by atoms with Crippen LogP contribution < -0.4 is 0 Å². The van der Waals surface area contributed by atoms with Crippen LogP contribution in [-0.4, -0.2) is 15.0 Å². The molecule has 1 rings (SSSR count). The van der Waals surface area contributed by atoms with Crippen molar-refractivity contribution >= 4 is 0 Å². The van der Waals surface area contributed by atoms with Crippen LogP contribution in [0.15, 0.2) is 6.20 Å². The van der Waals surface area contributed by atoms with E-state index in [9.17, 15) is 0 Å². The van der Waals surface area contributed by atoms with E-state index in [1.807, 2.05) is 17.8 Å². The minimum Gasteiger partial charge on any atom is -0.252 e. The van der Waals surface area contributed by atoms with Crippen molar-refractivity contribution in [3.8, 4) is 0 Å². The highest BCUT2D eigenvalue weighted by Crippen LogP contribution is 2.10. The van der Waals surface area contributed by atoms with Crippen LogP contribution in [-0.2, 0) is 6.54 Å². The number of unbranched alkanes of at least 4 members (excludes halogenated alkanes) is 4. The molecule has 0 saturated heterocycles. The van der Waals surface area contributed by atoms with Gasteiger partial charge in [-0.1, -0.05) is 51.2 Å². The lowest BCUT2D eigenvalue weighted by Gasteiger charge is -2.04. The van der Waals surface area contributed by atoms with Gasteiger partial charge >= 0.3 is 0 Å². The predicted molar refractivity (Wildman–Crippen MR) is 67.3 cm³/mol. The molecular weight excluding hydrogens is 198 g/mol. The van der Waals surface area contributed by atoms with Crippen LogP contribution in [0, 0.1) is 12.8 Å². The molecule has 0 aromatic carbocycles. The number of aryl methyl sites for hydroxylation is 2. The Bertz CT molecular complexity index is 278. The van der Waals surface area contributed by atoms with Crippen molar-refractivity contribution in [2.24, 2.45) is 5.92 Å². The largest absolute Gasteiger partial charge is 0.252 e. The van der Waals surface area contributed by atoms with Crippen molar-refractivity contribution in [1.82, 2.24) is 15.0 Å². The number of rotatable bonds is 8. The lowest BCUT2D eigenvalue weighted by molar-refractivity contribution is 0.490. The topological polar surface area (TPSA) is 30.7 Å². The Kier molecular flexibility index (Phi) is 6.12. The molecule has 0 aliphatic heterocycles. The molecule has 1 aromatic heterocycles. The summed E-state index contributed by atoms with van der Waals surface area (Å²) < 4.78 is 1.95. The molecule has 1 aromatic rings. The molecule has 0 fully saturated rings.